The van der Waals surface area contributed by atoms with Crippen LogP contribution in [0.3, 0.4) is 0 Å². The third-order valence-corrected chi connectivity index (χ3v) is 3.29. The Hall–Kier alpha value is -3.28. The van der Waals surface area contributed by atoms with Crippen LogP contribution in [0, 0.1) is 5.82 Å². The lowest BCUT2D eigenvalue weighted by molar-refractivity contribution is 0.0945. The lowest BCUT2D eigenvalue weighted by Crippen LogP contribution is -2.24. The van der Waals surface area contributed by atoms with E-state index in [2.05, 4.69) is 20.8 Å². The first-order chi connectivity index (χ1) is 11.7. The average Bonchev–Trinajstić information content (AvgIpc) is 2.61. The number of rotatable bonds is 5. The third-order valence-electron chi connectivity index (χ3n) is 3.29. The van der Waals surface area contributed by atoms with E-state index in [-0.39, 0.29) is 17.4 Å². The number of nitrogens with zero attached hydrogens (tertiary/aromatic N) is 2. The third kappa shape index (κ3) is 4.13. The van der Waals surface area contributed by atoms with Gasteiger partial charge in [0.2, 0.25) is 0 Å². The van der Waals surface area contributed by atoms with Crippen molar-refractivity contribution in [2.24, 2.45) is 0 Å². The minimum atomic E-state index is -0.343. The van der Waals surface area contributed by atoms with Crippen molar-refractivity contribution in [2.75, 3.05) is 5.32 Å². The van der Waals surface area contributed by atoms with Crippen molar-refractivity contribution in [3.05, 3.63) is 83.8 Å². The van der Waals surface area contributed by atoms with Crippen molar-refractivity contribution < 1.29 is 9.18 Å². The molecule has 5 nitrogen and oxygen atoms in total. The predicted molar refractivity (Wildman–Crippen MR) is 89.3 cm³/mol. The van der Waals surface area contributed by atoms with Crippen LogP contribution in [0.1, 0.15) is 16.1 Å². The molecule has 2 aromatic carbocycles. The summed E-state index contributed by atoms with van der Waals surface area (Å²) in [5.74, 6) is -0.214. The van der Waals surface area contributed by atoms with Crippen molar-refractivity contribution in [3.63, 3.8) is 0 Å². The molecule has 3 aromatic rings. The Morgan fingerprint density at radius 3 is 2.50 bits per heavy atom. The number of nitrogens with one attached hydrogen (secondary N) is 2. The van der Waals surface area contributed by atoms with Crippen LogP contribution in [-0.4, -0.2) is 16.1 Å². The molecule has 0 fully saturated rings. The van der Waals surface area contributed by atoms with Crippen molar-refractivity contribution in [3.8, 4) is 0 Å². The van der Waals surface area contributed by atoms with E-state index >= 15 is 0 Å². The summed E-state index contributed by atoms with van der Waals surface area (Å²) in [6, 6.07) is 18.8. The molecule has 0 saturated heterocycles. The van der Waals surface area contributed by atoms with Gasteiger partial charge in [-0.25, -0.2) is 4.39 Å². The highest BCUT2D eigenvalue weighted by atomic mass is 19.1. The van der Waals surface area contributed by atoms with Gasteiger partial charge in [0.15, 0.2) is 11.5 Å². The maximum absolute atomic E-state index is 13.1. The number of benzene rings is 2. The molecule has 3 rings (SSSR count). The van der Waals surface area contributed by atoms with Crippen LogP contribution in [0.2, 0.25) is 0 Å². The Morgan fingerprint density at radius 1 is 0.958 bits per heavy atom. The van der Waals surface area contributed by atoms with Gasteiger partial charge >= 0.3 is 0 Å². The lowest BCUT2D eigenvalue weighted by Gasteiger charge is -2.07. The van der Waals surface area contributed by atoms with Crippen LogP contribution in [0.25, 0.3) is 0 Å². The van der Waals surface area contributed by atoms with E-state index in [1.807, 2.05) is 30.3 Å². The number of amides is 1. The van der Waals surface area contributed by atoms with Crippen LogP contribution in [-0.2, 0) is 6.54 Å². The quantitative estimate of drug-likeness (QED) is 0.756. The van der Waals surface area contributed by atoms with Gasteiger partial charge in [0.25, 0.3) is 5.91 Å². The number of anilines is 2. The van der Waals surface area contributed by atoms with Gasteiger partial charge < -0.3 is 10.6 Å². The summed E-state index contributed by atoms with van der Waals surface area (Å²) in [5, 5.41) is 13.5. The zero-order valence-electron chi connectivity index (χ0n) is 12.7. The summed E-state index contributed by atoms with van der Waals surface area (Å²) in [4.78, 5) is 12.0. The van der Waals surface area contributed by atoms with Gasteiger partial charge in [-0.05, 0) is 35.9 Å². The molecular weight excluding hydrogens is 307 g/mol. The monoisotopic (exact) mass is 322 g/mol. The van der Waals surface area contributed by atoms with E-state index in [9.17, 15) is 9.18 Å². The van der Waals surface area contributed by atoms with Crippen LogP contribution < -0.4 is 10.6 Å². The van der Waals surface area contributed by atoms with E-state index in [0.717, 1.165) is 5.56 Å². The Bertz CT molecular complexity index is 822. The standard InChI is InChI=1S/C18H15FN4O/c19-14-7-4-8-15(11-14)21-17-10-9-16(22-23-17)18(24)20-12-13-5-2-1-3-6-13/h1-11H,12H2,(H,20,24)(H,21,23). The highest BCUT2D eigenvalue weighted by molar-refractivity contribution is 5.92. The Labute approximate surface area is 138 Å². The first-order valence-corrected chi connectivity index (χ1v) is 7.39. The summed E-state index contributed by atoms with van der Waals surface area (Å²) >= 11 is 0. The van der Waals surface area contributed by atoms with Gasteiger partial charge in [0, 0.05) is 12.2 Å². The molecule has 0 aliphatic rings. The fraction of sp³-hybridized carbons (Fsp3) is 0.0556. The molecule has 0 saturated carbocycles. The summed E-state index contributed by atoms with van der Waals surface area (Å²) < 4.78 is 13.1. The van der Waals surface area contributed by atoms with Gasteiger partial charge in [0.05, 0.1) is 0 Å². The van der Waals surface area contributed by atoms with Crippen molar-refractivity contribution in [1.82, 2.24) is 15.5 Å². The zero-order chi connectivity index (χ0) is 16.8. The molecule has 24 heavy (non-hydrogen) atoms. The Kier molecular flexibility index (Phi) is 4.76. The lowest BCUT2D eigenvalue weighted by atomic mass is 10.2. The predicted octanol–water partition coefficient (Wildman–Crippen LogP) is 3.29. The second-order valence-electron chi connectivity index (χ2n) is 5.11. The summed E-state index contributed by atoms with van der Waals surface area (Å²) in [5.41, 5.74) is 1.78. The molecule has 0 aliphatic heterocycles. The highest BCUT2D eigenvalue weighted by Crippen LogP contribution is 2.14. The van der Waals surface area contributed by atoms with Gasteiger partial charge in [-0.15, -0.1) is 10.2 Å². The molecule has 2 N–H and O–H groups in total. The normalized spacial score (nSPS) is 10.2. The van der Waals surface area contributed by atoms with Gasteiger partial charge in [-0.1, -0.05) is 36.4 Å². The average molecular weight is 322 g/mol. The van der Waals surface area contributed by atoms with Gasteiger partial charge in [-0.2, -0.15) is 0 Å². The molecule has 6 heteroatoms. The molecule has 0 atom stereocenters. The van der Waals surface area contributed by atoms with Gasteiger partial charge in [0.1, 0.15) is 5.82 Å². The second kappa shape index (κ2) is 7.32. The van der Waals surface area contributed by atoms with E-state index in [0.29, 0.717) is 18.1 Å². The number of hydrogen-bond acceptors (Lipinski definition) is 4. The molecule has 1 amide bonds. The summed E-state index contributed by atoms with van der Waals surface area (Å²) in [6.07, 6.45) is 0. The van der Waals surface area contributed by atoms with Crippen molar-refractivity contribution >= 4 is 17.4 Å². The molecule has 0 spiro atoms. The molecule has 0 unspecified atom stereocenters. The van der Waals surface area contributed by atoms with Crippen molar-refractivity contribution in [2.45, 2.75) is 6.54 Å². The SMILES string of the molecule is O=C(NCc1ccccc1)c1ccc(Nc2cccc(F)c2)nn1. The van der Waals surface area contributed by atoms with E-state index in [4.69, 9.17) is 0 Å². The number of carbonyl (C=O) groups is 1. The van der Waals surface area contributed by atoms with Gasteiger partial charge in [-0.3, -0.25) is 4.79 Å². The van der Waals surface area contributed by atoms with Crippen LogP contribution in [0.4, 0.5) is 15.9 Å². The minimum absolute atomic E-state index is 0.218. The van der Waals surface area contributed by atoms with E-state index in [1.54, 1.807) is 24.3 Å². The summed E-state index contributed by atoms with van der Waals surface area (Å²) in [6.45, 7) is 0.421. The first-order valence-electron chi connectivity index (χ1n) is 7.39. The Balaban J connectivity index is 1.60. The second-order valence-corrected chi connectivity index (χ2v) is 5.11. The molecule has 1 heterocycles. The van der Waals surface area contributed by atoms with E-state index in [1.165, 1.54) is 12.1 Å². The number of carbonyl (C=O) groups excluding carboxylic acids is 1. The van der Waals surface area contributed by atoms with Crippen LogP contribution in [0.5, 0.6) is 0 Å². The fourth-order valence-corrected chi connectivity index (χ4v) is 2.10. The number of aromatic nitrogens is 2. The molecule has 0 radical (unpaired) electrons. The first kappa shape index (κ1) is 15.6. The highest BCUT2D eigenvalue weighted by Gasteiger charge is 2.08. The topological polar surface area (TPSA) is 66.9 Å². The number of halogens is 1. The summed E-state index contributed by atoms with van der Waals surface area (Å²) in [7, 11) is 0. The molecule has 120 valence electrons. The maximum Gasteiger partial charge on any atom is 0.272 e. The maximum atomic E-state index is 13.1. The van der Waals surface area contributed by atoms with Crippen LogP contribution >= 0.6 is 0 Å². The molecule has 0 bridgehead atoms. The smallest absolute Gasteiger partial charge is 0.272 e. The molecular formula is C18H15FN4O. The zero-order valence-corrected chi connectivity index (χ0v) is 12.7. The fourth-order valence-electron chi connectivity index (χ4n) is 2.10. The number of hydrogen-bond donors (Lipinski definition) is 2. The van der Waals surface area contributed by atoms with E-state index < -0.39 is 0 Å². The largest absolute Gasteiger partial charge is 0.347 e. The minimum Gasteiger partial charge on any atom is -0.347 e. The van der Waals surface area contributed by atoms with Crippen molar-refractivity contribution in [1.29, 1.82) is 0 Å². The molecule has 0 aliphatic carbocycles. The Morgan fingerprint density at radius 2 is 1.79 bits per heavy atom. The molecule has 1 aromatic heterocycles. The van der Waals surface area contributed by atoms with Crippen LogP contribution in [0.15, 0.2) is 66.7 Å².